The van der Waals surface area contributed by atoms with Crippen LogP contribution in [0.5, 0.6) is 0 Å². The van der Waals surface area contributed by atoms with Gasteiger partial charge in [-0.05, 0) is 37.6 Å². The molecule has 0 spiro atoms. The Balaban J connectivity index is 1.91. The smallest absolute Gasteiger partial charge is 0.409 e. The van der Waals surface area contributed by atoms with E-state index in [0.717, 1.165) is 6.42 Å². The summed E-state index contributed by atoms with van der Waals surface area (Å²) in [5, 5.41) is 2.80. The molecule has 0 saturated carbocycles. The van der Waals surface area contributed by atoms with Crippen LogP contribution >= 0.6 is 0 Å². The van der Waals surface area contributed by atoms with Crippen molar-refractivity contribution < 1.29 is 19.1 Å². The Morgan fingerprint density at radius 1 is 0.960 bits per heavy atom. The predicted octanol–water partition coefficient (Wildman–Crippen LogP) is 1.74. The van der Waals surface area contributed by atoms with Crippen LogP contribution in [-0.4, -0.2) is 67.0 Å². The summed E-state index contributed by atoms with van der Waals surface area (Å²) in [7, 11) is 0. The van der Waals surface area contributed by atoms with Crippen LogP contribution in [0.25, 0.3) is 0 Å². The van der Waals surface area contributed by atoms with Crippen molar-refractivity contribution in [3.8, 4) is 0 Å². The van der Waals surface area contributed by atoms with Crippen molar-refractivity contribution in [3.63, 3.8) is 0 Å². The molecule has 0 aromatic heterocycles. The van der Waals surface area contributed by atoms with Gasteiger partial charge >= 0.3 is 6.09 Å². The lowest BCUT2D eigenvalue weighted by atomic mass is 10.1. The highest BCUT2D eigenvalue weighted by Gasteiger charge is 2.25. The number of benzene rings is 1. The molecule has 7 heteroatoms. The quantitative estimate of drug-likeness (QED) is 0.880. The molecule has 1 aromatic rings. The number of nitrogens with zero attached hydrogens (tertiary/aromatic N) is 2. The zero-order valence-corrected chi connectivity index (χ0v) is 14.8. The van der Waals surface area contributed by atoms with Crippen LogP contribution in [0.1, 0.15) is 41.0 Å². The minimum atomic E-state index is -0.336. The minimum absolute atomic E-state index is 0.0935. The lowest BCUT2D eigenvalue weighted by Crippen LogP contribution is -2.50. The topological polar surface area (TPSA) is 79.0 Å². The van der Waals surface area contributed by atoms with Crippen molar-refractivity contribution in [3.05, 3.63) is 35.4 Å². The molecule has 0 bridgehead atoms. The molecule has 1 fully saturated rings. The summed E-state index contributed by atoms with van der Waals surface area (Å²) < 4.78 is 4.97. The van der Waals surface area contributed by atoms with Crippen molar-refractivity contribution >= 4 is 17.9 Å². The van der Waals surface area contributed by atoms with Gasteiger partial charge in [0.25, 0.3) is 11.8 Å². The molecule has 3 amide bonds. The number of rotatable bonds is 5. The third-order valence-electron chi connectivity index (χ3n) is 4.02. The predicted molar refractivity (Wildman–Crippen MR) is 93.6 cm³/mol. The minimum Gasteiger partial charge on any atom is -0.450 e. The van der Waals surface area contributed by atoms with E-state index in [2.05, 4.69) is 5.32 Å². The summed E-state index contributed by atoms with van der Waals surface area (Å²) in [5.74, 6) is -0.229. The van der Waals surface area contributed by atoms with Gasteiger partial charge < -0.3 is 19.9 Å². The van der Waals surface area contributed by atoms with E-state index in [-0.39, 0.29) is 17.9 Å². The summed E-state index contributed by atoms with van der Waals surface area (Å²) in [6, 6.07) is 6.65. The van der Waals surface area contributed by atoms with Crippen molar-refractivity contribution in [2.24, 2.45) is 0 Å². The summed E-state index contributed by atoms with van der Waals surface area (Å²) in [6.45, 7) is 6.59. The zero-order valence-electron chi connectivity index (χ0n) is 14.8. The molecule has 1 aromatic carbocycles. The molecule has 1 saturated heterocycles. The van der Waals surface area contributed by atoms with E-state index in [1.807, 2.05) is 6.92 Å². The first kappa shape index (κ1) is 18.8. The number of amides is 3. The molecule has 0 aliphatic carbocycles. The lowest BCUT2D eigenvalue weighted by molar-refractivity contribution is 0.0570. The Morgan fingerprint density at radius 2 is 1.52 bits per heavy atom. The van der Waals surface area contributed by atoms with Gasteiger partial charge in [-0.1, -0.05) is 6.92 Å². The first-order chi connectivity index (χ1) is 12.1. The third-order valence-corrected chi connectivity index (χ3v) is 4.02. The van der Waals surface area contributed by atoms with Gasteiger partial charge in [0, 0.05) is 43.9 Å². The average Bonchev–Trinajstić information content (AvgIpc) is 2.66. The number of carbonyl (C=O) groups is 3. The lowest BCUT2D eigenvalue weighted by Gasteiger charge is -2.34. The van der Waals surface area contributed by atoms with Gasteiger partial charge in [-0.2, -0.15) is 0 Å². The molecule has 1 heterocycles. The van der Waals surface area contributed by atoms with Gasteiger partial charge in [0.15, 0.2) is 0 Å². The Kier molecular flexibility index (Phi) is 6.80. The molecule has 1 N–H and O–H groups in total. The second-order valence-electron chi connectivity index (χ2n) is 5.81. The maximum Gasteiger partial charge on any atom is 0.409 e. The summed E-state index contributed by atoms with van der Waals surface area (Å²) in [4.78, 5) is 39.4. The van der Waals surface area contributed by atoms with E-state index in [4.69, 9.17) is 4.74 Å². The molecule has 1 aliphatic heterocycles. The van der Waals surface area contributed by atoms with Crippen LogP contribution in [0, 0.1) is 0 Å². The summed E-state index contributed by atoms with van der Waals surface area (Å²) in [5.41, 5.74) is 1.08. The second-order valence-corrected chi connectivity index (χ2v) is 5.81. The third kappa shape index (κ3) is 4.95. The molecule has 7 nitrogen and oxygen atoms in total. The van der Waals surface area contributed by atoms with Gasteiger partial charge in [0.1, 0.15) is 0 Å². The first-order valence-electron chi connectivity index (χ1n) is 8.66. The summed E-state index contributed by atoms with van der Waals surface area (Å²) in [6.07, 6.45) is 0.539. The molecule has 0 unspecified atom stereocenters. The SMILES string of the molecule is CCCNC(=O)c1ccc(C(=O)N2CCN(C(=O)OCC)CC2)cc1. The first-order valence-corrected chi connectivity index (χ1v) is 8.66. The van der Waals surface area contributed by atoms with Crippen LogP contribution in [0.4, 0.5) is 4.79 Å². The van der Waals surface area contributed by atoms with E-state index >= 15 is 0 Å². The molecule has 136 valence electrons. The van der Waals surface area contributed by atoms with Crippen molar-refractivity contribution in [2.45, 2.75) is 20.3 Å². The van der Waals surface area contributed by atoms with Crippen LogP contribution in [0.3, 0.4) is 0 Å². The van der Waals surface area contributed by atoms with E-state index < -0.39 is 0 Å². The van der Waals surface area contributed by atoms with Crippen LogP contribution in [0.2, 0.25) is 0 Å². The normalized spacial score (nSPS) is 14.2. The Bertz CT molecular complexity index is 607. The highest BCUT2D eigenvalue weighted by atomic mass is 16.6. The maximum absolute atomic E-state index is 12.5. The molecule has 0 atom stereocenters. The molecule has 0 radical (unpaired) electrons. The molecule has 2 rings (SSSR count). The number of hydrogen-bond donors (Lipinski definition) is 1. The molecular weight excluding hydrogens is 322 g/mol. The molecular formula is C18H25N3O4. The van der Waals surface area contributed by atoms with E-state index in [0.29, 0.717) is 50.5 Å². The van der Waals surface area contributed by atoms with E-state index in [9.17, 15) is 14.4 Å². The average molecular weight is 347 g/mol. The standard InChI is InChI=1S/C18H25N3O4/c1-3-9-19-16(22)14-5-7-15(8-6-14)17(23)20-10-12-21(13-11-20)18(24)25-4-2/h5-8H,3-4,9-13H2,1-2H3,(H,19,22). The molecule has 1 aliphatic rings. The van der Waals surface area contributed by atoms with Gasteiger partial charge in [-0.3, -0.25) is 9.59 Å². The zero-order chi connectivity index (χ0) is 18.2. The number of piperazine rings is 1. The van der Waals surface area contributed by atoms with Crippen LogP contribution in [-0.2, 0) is 4.74 Å². The van der Waals surface area contributed by atoms with Crippen LogP contribution < -0.4 is 5.32 Å². The number of carbonyl (C=O) groups excluding carboxylic acids is 3. The van der Waals surface area contributed by atoms with Gasteiger partial charge in [0.05, 0.1) is 6.61 Å². The Labute approximate surface area is 147 Å². The molecule has 25 heavy (non-hydrogen) atoms. The largest absolute Gasteiger partial charge is 0.450 e. The maximum atomic E-state index is 12.5. The number of ether oxygens (including phenoxy) is 1. The van der Waals surface area contributed by atoms with E-state index in [1.165, 1.54) is 0 Å². The van der Waals surface area contributed by atoms with Gasteiger partial charge in [0.2, 0.25) is 0 Å². The highest BCUT2D eigenvalue weighted by molar-refractivity contribution is 5.97. The summed E-state index contributed by atoms with van der Waals surface area (Å²) >= 11 is 0. The van der Waals surface area contributed by atoms with E-state index in [1.54, 1.807) is 41.0 Å². The van der Waals surface area contributed by atoms with Crippen molar-refractivity contribution in [1.29, 1.82) is 0 Å². The fraction of sp³-hybridized carbons (Fsp3) is 0.500. The monoisotopic (exact) mass is 347 g/mol. The van der Waals surface area contributed by atoms with Gasteiger partial charge in [-0.25, -0.2) is 4.79 Å². The number of nitrogens with one attached hydrogen (secondary N) is 1. The van der Waals surface area contributed by atoms with Crippen LogP contribution in [0.15, 0.2) is 24.3 Å². The van der Waals surface area contributed by atoms with Crippen molar-refractivity contribution in [2.75, 3.05) is 39.3 Å². The number of hydrogen-bond acceptors (Lipinski definition) is 4. The second kappa shape index (κ2) is 9.05. The fourth-order valence-electron chi connectivity index (χ4n) is 2.59. The van der Waals surface area contributed by atoms with Gasteiger partial charge in [-0.15, -0.1) is 0 Å². The Hall–Kier alpha value is -2.57. The highest BCUT2D eigenvalue weighted by Crippen LogP contribution is 2.11. The fourth-order valence-corrected chi connectivity index (χ4v) is 2.59. The van der Waals surface area contributed by atoms with Crippen molar-refractivity contribution in [1.82, 2.24) is 15.1 Å². The Morgan fingerprint density at radius 3 is 2.08 bits per heavy atom.